The molecule has 4 aromatic heterocycles. The second kappa shape index (κ2) is 8.72. The highest BCUT2D eigenvalue weighted by Gasteiger charge is 2.24. The second-order valence-electron chi connectivity index (χ2n) is 8.26. The molecule has 0 saturated heterocycles. The van der Waals surface area contributed by atoms with Crippen molar-refractivity contribution in [2.45, 2.75) is 0 Å². The lowest BCUT2D eigenvalue weighted by molar-refractivity contribution is 0.0999. The fourth-order valence-corrected chi connectivity index (χ4v) is 4.42. The number of nitrogens with one attached hydrogen (secondary N) is 1. The third-order valence-electron chi connectivity index (χ3n) is 6.04. The maximum atomic E-state index is 15.5. The number of carbonyl (C=O) groups excluding carboxylic acids is 1. The van der Waals surface area contributed by atoms with Crippen LogP contribution in [0.5, 0.6) is 11.5 Å². The van der Waals surface area contributed by atoms with E-state index in [4.69, 9.17) is 10.5 Å². The Hall–Kier alpha value is -5.31. The Balaban J connectivity index is 1.58. The predicted molar refractivity (Wildman–Crippen MR) is 137 cm³/mol. The van der Waals surface area contributed by atoms with Gasteiger partial charge in [0, 0.05) is 29.8 Å². The third kappa shape index (κ3) is 3.69. The van der Waals surface area contributed by atoms with Gasteiger partial charge in [0.1, 0.15) is 22.6 Å². The Kier molecular flexibility index (Phi) is 5.23. The van der Waals surface area contributed by atoms with Gasteiger partial charge < -0.3 is 15.5 Å². The van der Waals surface area contributed by atoms with Crippen molar-refractivity contribution in [2.75, 3.05) is 0 Å². The Bertz CT molecular complexity index is 1880. The number of nitrogens with two attached hydrogens (primary N) is 1. The molecule has 2 aromatic carbocycles. The van der Waals surface area contributed by atoms with Crippen LogP contribution in [0.2, 0.25) is 0 Å². The number of halogens is 1. The summed E-state index contributed by atoms with van der Waals surface area (Å²) in [6.07, 6.45) is 4.81. The number of hydrogen-bond donors (Lipinski definition) is 2. The van der Waals surface area contributed by atoms with Gasteiger partial charge in [-0.25, -0.2) is 14.4 Å². The molecular weight excluding hydrogens is 473 g/mol. The Morgan fingerprint density at radius 1 is 0.919 bits per heavy atom. The van der Waals surface area contributed by atoms with Crippen LogP contribution in [-0.2, 0) is 0 Å². The van der Waals surface area contributed by atoms with Gasteiger partial charge in [0.2, 0.25) is 5.43 Å². The van der Waals surface area contributed by atoms with Crippen LogP contribution in [0.25, 0.3) is 39.0 Å². The number of carbonyl (C=O) groups is 1. The molecule has 0 radical (unpaired) electrons. The molecule has 6 aromatic rings. The van der Waals surface area contributed by atoms with Crippen LogP contribution in [-0.4, -0.2) is 25.4 Å². The summed E-state index contributed by atoms with van der Waals surface area (Å²) >= 11 is 0. The summed E-state index contributed by atoms with van der Waals surface area (Å²) in [5.41, 5.74) is 6.80. The molecule has 6 rings (SSSR count). The summed E-state index contributed by atoms with van der Waals surface area (Å²) < 4.78 is 22.9. The summed E-state index contributed by atoms with van der Waals surface area (Å²) in [5.74, 6) is -1.23. The summed E-state index contributed by atoms with van der Waals surface area (Å²) in [6, 6.07) is 19.9. The topological polar surface area (TPSA) is 116 Å². The zero-order valence-corrected chi connectivity index (χ0v) is 19.2. The molecule has 0 aliphatic carbocycles. The maximum absolute atomic E-state index is 15.5. The monoisotopic (exact) mass is 491 g/mol. The van der Waals surface area contributed by atoms with Gasteiger partial charge in [-0.15, -0.1) is 0 Å². The lowest BCUT2D eigenvalue weighted by atomic mass is 10.0. The van der Waals surface area contributed by atoms with Gasteiger partial charge >= 0.3 is 0 Å². The van der Waals surface area contributed by atoms with Crippen LogP contribution in [0, 0.1) is 5.82 Å². The van der Waals surface area contributed by atoms with Gasteiger partial charge in [0.15, 0.2) is 11.6 Å². The van der Waals surface area contributed by atoms with Crippen molar-refractivity contribution in [3.05, 3.63) is 113 Å². The minimum absolute atomic E-state index is 0.0365. The molecule has 4 heterocycles. The second-order valence-corrected chi connectivity index (χ2v) is 8.26. The van der Waals surface area contributed by atoms with Crippen molar-refractivity contribution in [3.63, 3.8) is 0 Å². The smallest absolute Gasteiger partial charge is 0.254 e. The van der Waals surface area contributed by atoms with Crippen LogP contribution < -0.4 is 15.9 Å². The van der Waals surface area contributed by atoms with Crippen LogP contribution in [0.15, 0.2) is 96.2 Å². The molecule has 0 spiro atoms. The highest BCUT2D eigenvalue weighted by Crippen LogP contribution is 2.34. The first-order valence-corrected chi connectivity index (χ1v) is 11.3. The fraction of sp³-hybridized carbons (Fsp3) is 0. The van der Waals surface area contributed by atoms with Crippen molar-refractivity contribution in [2.24, 2.45) is 5.73 Å². The van der Waals surface area contributed by atoms with E-state index in [1.54, 1.807) is 65.6 Å². The number of fused-ring (bicyclic) bond motifs is 2. The first kappa shape index (κ1) is 22.2. The fourth-order valence-electron chi connectivity index (χ4n) is 4.42. The van der Waals surface area contributed by atoms with Crippen LogP contribution >= 0.6 is 0 Å². The Morgan fingerprint density at radius 3 is 2.54 bits per heavy atom. The van der Waals surface area contributed by atoms with E-state index in [2.05, 4.69) is 15.0 Å². The van der Waals surface area contributed by atoms with Crippen molar-refractivity contribution < 1.29 is 13.9 Å². The lowest BCUT2D eigenvalue weighted by Gasteiger charge is -2.19. The standard InChI is InChI=1S/C28H18FN5O3/c29-20-15-16(8-9-22(20)37-21-11-14-32-27-18(21)10-13-31-27)24-23(26(30)36)25(35)19-7-4-12-33-28(19)34(24)17-5-2-1-3-6-17/h1-15H,(H2,30,36)(H,31,32). The maximum Gasteiger partial charge on any atom is 0.254 e. The number of para-hydroxylation sites is 1. The van der Waals surface area contributed by atoms with E-state index in [-0.39, 0.29) is 28.0 Å². The zero-order valence-electron chi connectivity index (χ0n) is 19.2. The normalized spacial score (nSPS) is 11.2. The molecule has 0 bridgehead atoms. The first-order chi connectivity index (χ1) is 18.0. The zero-order chi connectivity index (χ0) is 25.5. The van der Waals surface area contributed by atoms with E-state index < -0.39 is 17.2 Å². The number of pyridine rings is 3. The van der Waals surface area contributed by atoms with Crippen molar-refractivity contribution in [3.8, 4) is 28.4 Å². The van der Waals surface area contributed by atoms with Gasteiger partial charge in [-0.3, -0.25) is 14.2 Å². The molecule has 1 amide bonds. The molecule has 0 unspecified atom stereocenters. The van der Waals surface area contributed by atoms with Crippen molar-refractivity contribution in [1.29, 1.82) is 0 Å². The quantitative estimate of drug-likeness (QED) is 0.354. The summed E-state index contributed by atoms with van der Waals surface area (Å²) in [6.45, 7) is 0. The molecule has 0 atom stereocenters. The lowest BCUT2D eigenvalue weighted by Crippen LogP contribution is -2.26. The number of benzene rings is 2. The van der Waals surface area contributed by atoms with Gasteiger partial charge in [-0.1, -0.05) is 18.2 Å². The molecule has 0 aliphatic heterocycles. The van der Waals surface area contributed by atoms with Gasteiger partial charge in [0.05, 0.1) is 16.5 Å². The number of ether oxygens (including phenoxy) is 1. The average molecular weight is 491 g/mol. The molecule has 0 saturated carbocycles. The number of nitrogens with zero attached hydrogens (tertiary/aromatic N) is 3. The van der Waals surface area contributed by atoms with E-state index in [1.165, 1.54) is 12.1 Å². The Morgan fingerprint density at radius 2 is 1.76 bits per heavy atom. The molecule has 37 heavy (non-hydrogen) atoms. The number of rotatable bonds is 5. The number of aromatic nitrogens is 4. The van der Waals surface area contributed by atoms with Crippen molar-refractivity contribution >= 4 is 28.0 Å². The average Bonchev–Trinajstić information content (AvgIpc) is 3.40. The van der Waals surface area contributed by atoms with Gasteiger partial charge in [-0.05, 0) is 54.6 Å². The molecule has 180 valence electrons. The number of hydrogen-bond acceptors (Lipinski definition) is 5. The highest BCUT2D eigenvalue weighted by molar-refractivity contribution is 6.03. The van der Waals surface area contributed by atoms with Crippen LogP contribution in [0.4, 0.5) is 4.39 Å². The minimum Gasteiger partial charge on any atom is -0.453 e. The minimum atomic E-state index is -0.928. The van der Waals surface area contributed by atoms with Crippen LogP contribution in [0.3, 0.4) is 0 Å². The van der Waals surface area contributed by atoms with Gasteiger partial charge in [-0.2, -0.15) is 0 Å². The molecule has 3 N–H and O–H groups in total. The molecule has 8 nitrogen and oxygen atoms in total. The van der Waals surface area contributed by atoms with Gasteiger partial charge in [0.25, 0.3) is 5.91 Å². The van der Waals surface area contributed by atoms with Crippen molar-refractivity contribution in [1.82, 2.24) is 19.5 Å². The number of aromatic amines is 1. The number of primary amides is 1. The molecule has 9 heteroatoms. The molecule has 0 aliphatic rings. The van der Waals surface area contributed by atoms with E-state index >= 15 is 4.39 Å². The highest BCUT2D eigenvalue weighted by atomic mass is 19.1. The van der Waals surface area contributed by atoms with E-state index in [1.807, 2.05) is 18.2 Å². The summed E-state index contributed by atoms with van der Waals surface area (Å²) in [5, 5.41) is 0.915. The largest absolute Gasteiger partial charge is 0.453 e. The van der Waals surface area contributed by atoms with E-state index in [0.29, 0.717) is 28.1 Å². The predicted octanol–water partition coefficient (Wildman–Crippen LogP) is 4.96. The third-order valence-corrected chi connectivity index (χ3v) is 6.04. The van der Waals surface area contributed by atoms with Crippen LogP contribution in [0.1, 0.15) is 10.4 Å². The molecular formula is C28H18FN5O3. The SMILES string of the molecule is NC(=O)c1c(-c2ccc(Oc3ccnc4[nH]ccc34)c(F)c2)n(-c2ccccc2)c2ncccc2c1=O. The van der Waals surface area contributed by atoms with E-state index in [0.717, 1.165) is 0 Å². The number of H-pyrrole nitrogens is 1. The summed E-state index contributed by atoms with van der Waals surface area (Å²) in [4.78, 5) is 37.6. The Labute approximate surface area is 208 Å². The first-order valence-electron chi connectivity index (χ1n) is 11.3. The summed E-state index contributed by atoms with van der Waals surface area (Å²) in [7, 11) is 0. The number of amides is 1. The molecule has 0 fully saturated rings. The van der Waals surface area contributed by atoms with E-state index in [9.17, 15) is 9.59 Å².